The van der Waals surface area contributed by atoms with Crippen LogP contribution in [0.5, 0.6) is 11.5 Å². The number of nitrogens with zero attached hydrogens (tertiary/aromatic N) is 2. The van der Waals surface area contributed by atoms with Crippen molar-refractivity contribution in [1.82, 2.24) is 15.1 Å². The molecule has 4 aromatic carbocycles. The van der Waals surface area contributed by atoms with Gasteiger partial charge in [-0.25, -0.2) is 0 Å². The molecule has 6 rings (SSSR count). The van der Waals surface area contributed by atoms with Gasteiger partial charge in [-0.3, -0.25) is 34.2 Å². The van der Waals surface area contributed by atoms with Crippen molar-refractivity contribution in [3.8, 4) is 11.5 Å². The van der Waals surface area contributed by atoms with Crippen molar-refractivity contribution in [2.45, 2.75) is 121 Å². The van der Waals surface area contributed by atoms with E-state index in [0.29, 0.717) is 30.7 Å². The molecule has 0 aliphatic carbocycles. The average molecular weight is 886 g/mol. The summed E-state index contributed by atoms with van der Waals surface area (Å²) in [6.07, 6.45) is 15.5. The predicted molar refractivity (Wildman–Crippen MR) is 254 cm³/mol. The molecule has 4 aromatic rings. The summed E-state index contributed by atoms with van der Waals surface area (Å²) in [5.74, 6) is 0.113. The summed E-state index contributed by atoms with van der Waals surface area (Å²) in [5.41, 5.74) is 6.34. The highest BCUT2D eigenvalue weighted by Crippen LogP contribution is 2.37. The van der Waals surface area contributed by atoms with Gasteiger partial charge in [-0.2, -0.15) is 0 Å². The zero-order chi connectivity index (χ0) is 45.3. The Morgan fingerprint density at radius 3 is 1.97 bits per heavy atom. The molecule has 0 aromatic heterocycles. The molecule has 2 heterocycles. The zero-order valence-electron chi connectivity index (χ0n) is 37.4. The van der Waals surface area contributed by atoms with E-state index in [1.165, 1.54) is 56.1 Å². The van der Waals surface area contributed by atoms with Gasteiger partial charge in [0.1, 0.15) is 24.1 Å². The van der Waals surface area contributed by atoms with Crippen LogP contribution in [0, 0.1) is 0 Å². The molecule has 2 aliphatic heterocycles. The molecule has 5 amide bonds. The minimum atomic E-state index is -0.951. The molecule has 0 saturated carbocycles. The van der Waals surface area contributed by atoms with E-state index in [1.54, 1.807) is 40.9 Å². The molecule has 1 atom stereocenters. The van der Waals surface area contributed by atoms with Crippen LogP contribution in [-0.4, -0.2) is 76.4 Å². The third-order valence-electron chi connectivity index (χ3n) is 12.2. The standard InChI is InChI=1S/C53H63N3O7S/c1-3-43(38-20-15-14-16-21-38)49(39-25-29-41(57)30-26-39)40-27-31-42(32-28-40)63-36-35-55(2)48(59)24-17-12-10-8-6-4-5-7-9-11-13-18-37-64-46-23-19-22-44-50(46)53(62)56(52(44)61)45-33-34-47(58)54-51(45)60/h14-16,19-23,25-32,45,57H,3-13,17-18,24,33-37H2,1-2H3,(H,54,58,60)/b49-43-. The highest BCUT2D eigenvalue weighted by molar-refractivity contribution is 7.99. The highest BCUT2D eigenvalue weighted by Gasteiger charge is 2.45. The molecular weight excluding hydrogens is 823 g/mol. The molecule has 10 nitrogen and oxygen atoms in total. The molecule has 338 valence electrons. The van der Waals surface area contributed by atoms with Gasteiger partial charge < -0.3 is 14.7 Å². The van der Waals surface area contributed by atoms with Gasteiger partial charge in [-0.1, -0.05) is 132 Å². The van der Waals surface area contributed by atoms with E-state index in [0.717, 1.165) is 76.5 Å². The van der Waals surface area contributed by atoms with E-state index in [9.17, 15) is 29.1 Å². The van der Waals surface area contributed by atoms with Gasteiger partial charge in [0.05, 0.1) is 17.7 Å². The Balaban J connectivity index is 0.783. The van der Waals surface area contributed by atoms with Gasteiger partial charge >= 0.3 is 0 Å². The Labute approximate surface area is 382 Å². The number of unbranched alkanes of at least 4 members (excludes halogenated alkanes) is 11. The number of amides is 5. The molecule has 1 fully saturated rings. The first-order valence-electron chi connectivity index (χ1n) is 23.2. The molecule has 0 bridgehead atoms. The van der Waals surface area contributed by atoms with Crippen molar-refractivity contribution in [2.75, 3.05) is 26.0 Å². The van der Waals surface area contributed by atoms with Gasteiger partial charge in [0.2, 0.25) is 17.7 Å². The fourth-order valence-electron chi connectivity index (χ4n) is 8.57. The second-order valence-corrected chi connectivity index (χ2v) is 17.9. The number of aromatic hydroxyl groups is 1. The Bertz CT molecular complexity index is 2240. The number of benzene rings is 4. The quantitative estimate of drug-likeness (QED) is 0.0291. The number of carbonyl (C=O) groups is 5. The largest absolute Gasteiger partial charge is 0.508 e. The van der Waals surface area contributed by atoms with E-state index in [1.807, 2.05) is 43.4 Å². The van der Waals surface area contributed by atoms with E-state index in [2.05, 4.69) is 48.6 Å². The van der Waals surface area contributed by atoms with Crippen LogP contribution < -0.4 is 10.1 Å². The number of fused-ring (bicyclic) bond motifs is 1. The third kappa shape index (κ3) is 13.0. The number of hydrogen-bond acceptors (Lipinski definition) is 8. The van der Waals surface area contributed by atoms with Gasteiger partial charge in [-0.05, 0) is 95.7 Å². The van der Waals surface area contributed by atoms with Crippen molar-refractivity contribution < 1.29 is 33.8 Å². The van der Waals surface area contributed by atoms with Crippen molar-refractivity contribution in [3.05, 3.63) is 125 Å². The predicted octanol–water partition coefficient (Wildman–Crippen LogP) is 10.9. The number of phenolic OH excluding ortho intramolecular Hbond substituents is 1. The SMILES string of the molecule is CC/C(=C(\c1ccc(O)cc1)c1ccc(OCCN(C)C(=O)CCCCCCCCCCCCCCSc2cccc3c2C(=O)N(C2CCC(=O)NC2=O)C3=O)cc1)c1ccccc1. The second kappa shape index (κ2) is 24.4. The third-order valence-corrected chi connectivity index (χ3v) is 13.3. The smallest absolute Gasteiger partial charge is 0.263 e. The molecule has 2 N–H and O–H groups in total. The number of ether oxygens (including phenoxy) is 1. The summed E-state index contributed by atoms with van der Waals surface area (Å²) >= 11 is 1.58. The topological polar surface area (TPSA) is 133 Å². The van der Waals surface area contributed by atoms with Gasteiger partial charge in [0.15, 0.2) is 0 Å². The van der Waals surface area contributed by atoms with Crippen LogP contribution in [0.25, 0.3) is 11.1 Å². The first-order valence-corrected chi connectivity index (χ1v) is 24.2. The van der Waals surface area contributed by atoms with Crippen LogP contribution in [0.4, 0.5) is 0 Å². The van der Waals surface area contributed by atoms with Gasteiger partial charge in [0.25, 0.3) is 11.8 Å². The number of hydrogen-bond donors (Lipinski definition) is 2. The Morgan fingerprint density at radius 2 is 1.34 bits per heavy atom. The van der Waals surface area contributed by atoms with E-state index >= 15 is 0 Å². The fraction of sp³-hybridized carbons (Fsp3) is 0.415. The summed E-state index contributed by atoms with van der Waals surface area (Å²) in [7, 11) is 1.85. The lowest BCUT2D eigenvalue weighted by molar-refractivity contribution is -0.136. The number of phenols is 1. The summed E-state index contributed by atoms with van der Waals surface area (Å²) in [6, 6.07) is 30.2. The minimum absolute atomic E-state index is 0.105. The molecular formula is C53H63N3O7S. The highest BCUT2D eigenvalue weighted by atomic mass is 32.2. The van der Waals surface area contributed by atoms with Crippen LogP contribution in [0.1, 0.15) is 147 Å². The monoisotopic (exact) mass is 885 g/mol. The number of nitrogens with one attached hydrogen (secondary N) is 1. The summed E-state index contributed by atoms with van der Waals surface area (Å²) in [6.45, 7) is 3.11. The number of carbonyl (C=O) groups excluding carboxylic acids is 5. The molecule has 2 aliphatic rings. The van der Waals surface area contributed by atoms with Crippen LogP contribution in [0.3, 0.4) is 0 Å². The van der Waals surface area contributed by atoms with E-state index in [-0.39, 0.29) is 30.4 Å². The van der Waals surface area contributed by atoms with Crippen molar-refractivity contribution in [2.24, 2.45) is 0 Å². The number of imide groups is 2. The number of thioether (sulfide) groups is 1. The van der Waals surface area contributed by atoms with Crippen LogP contribution in [-0.2, 0) is 14.4 Å². The lowest BCUT2D eigenvalue weighted by Crippen LogP contribution is -2.54. The lowest BCUT2D eigenvalue weighted by Gasteiger charge is -2.27. The molecule has 0 spiro atoms. The maximum absolute atomic E-state index is 13.3. The summed E-state index contributed by atoms with van der Waals surface area (Å²) < 4.78 is 6.06. The van der Waals surface area contributed by atoms with Crippen LogP contribution in [0.2, 0.25) is 0 Å². The Hall–Kier alpha value is -5.68. The molecule has 1 saturated heterocycles. The minimum Gasteiger partial charge on any atom is -0.508 e. The maximum Gasteiger partial charge on any atom is 0.263 e. The van der Waals surface area contributed by atoms with Crippen molar-refractivity contribution >= 4 is 52.4 Å². The van der Waals surface area contributed by atoms with E-state index in [4.69, 9.17) is 4.74 Å². The zero-order valence-corrected chi connectivity index (χ0v) is 38.3. The van der Waals surface area contributed by atoms with Gasteiger partial charge in [-0.15, -0.1) is 11.8 Å². The Morgan fingerprint density at radius 1 is 0.734 bits per heavy atom. The number of likely N-dealkylation sites (N-methyl/N-ethyl adjacent to an activating group) is 1. The van der Waals surface area contributed by atoms with Crippen LogP contribution >= 0.6 is 11.8 Å². The van der Waals surface area contributed by atoms with Crippen molar-refractivity contribution in [3.63, 3.8) is 0 Å². The number of piperidine rings is 1. The molecule has 0 radical (unpaired) electrons. The number of allylic oxidation sites excluding steroid dienone is 1. The lowest BCUT2D eigenvalue weighted by atomic mass is 9.88. The molecule has 11 heteroatoms. The molecule has 64 heavy (non-hydrogen) atoms. The maximum atomic E-state index is 13.3. The first kappa shape index (κ1) is 47.8. The average Bonchev–Trinajstić information content (AvgIpc) is 3.56. The first-order chi connectivity index (χ1) is 31.2. The normalized spacial score (nSPS) is 15.2. The summed E-state index contributed by atoms with van der Waals surface area (Å²) in [5, 5.41) is 12.2. The van der Waals surface area contributed by atoms with Gasteiger partial charge in [0, 0.05) is 24.8 Å². The number of rotatable bonds is 25. The summed E-state index contributed by atoms with van der Waals surface area (Å²) in [4.78, 5) is 66.7. The fourth-order valence-corrected chi connectivity index (χ4v) is 9.66. The second-order valence-electron chi connectivity index (χ2n) is 16.8. The van der Waals surface area contributed by atoms with E-state index < -0.39 is 23.8 Å². The molecule has 1 unspecified atom stereocenters. The Kier molecular flexibility index (Phi) is 18.2. The van der Waals surface area contributed by atoms with Crippen molar-refractivity contribution in [1.29, 1.82) is 0 Å². The van der Waals surface area contributed by atoms with Crippen LogP contribution in [0.15, 0.2) is 102 Å².